The van der Waals surface area contributed by atoms with Gasteiger partial charge >= 0.3 is 0 Å². The van der Waals surface area contributed by atoms with Crippen molar-refractivity contribution in [3.05, 3.63) is 96.9 Å². The summed E-state index contributed by atoms with van der Waals surface area (Å²) in [7, 11) is 0. The normalized spacial score (nSPS) is 20.0. The average molecular weight is 509 g/mol. The van der Waals surface area contributed by atoms with E-state index in [1.54, 1.807) is 6.07 Å². The average Bonchev–Trinajstić information content (AvgIpc) is 3.14. The highest BCUT2D eigenvalue weighted by molar-refractivity contribution is 9.10. The van der Waals surface area contributed by atoms with Gasteiger partial charge in [-0.05, 0) is 42.0 Å². The second-order valence-electron chi connectivity index (χ2n) is 6.98. The molecule has 2 aliphatic rings. The van der Waals surface area contributed by atoms with E-state index in [0.29, 0.717) is 20.8 Å². The summed E-state index contributed by atoms with van der Waals surface area (Å²) >= 11 is 22.4. The Kier molecular flexibility index (Phi) is 4.99. The van der Waals surface area contributed by atoms with Crippen LogP contribution in [0.4, 0.5) is 0 Å². The molecule has 146 valence electrons. The molecule has 0 unspecified atom stereocenters. The number of ether oxygens (including phenoxy) is 1. The first kappa shape index (κ1) is 19.3. The molecule has 0 spiro atoms. The maximum Gasteiger partial charge on any atom is 0.213 e. The first-order valence-electron chi connectivity index (χ1n) is 9.02. The summed E-state index contributed by atoms with van der Waals surface area (Å²) in [5.41, 5.74) is 3.97. The lowest BCUT2D eigenvalue weighted by Gasteiger charge is -2.38. The van der Waals surface area contributed by atoms with Gasteiger partial charge in [0.2, 0.25) is 6.23 Å². The third-order valence-corrected chi connectivity index (χ3v) is 6.42. The largest absolute Gasteiger partial charge is 0.463 e. The number of hydrazone groups is 1. The molecule has 0 fully saturated rings. The minimum Gasteiger partial charge on any atom is -0.463 e. The summed E-state index contributed by atoms with van der Waals surface area (Å²) in [4.78, 5) is 0. The Morgan fingerprint density at radius 3 is 2.38 bits per heavy atom. The summed E-state index contributed by atoms with van der Waals surface area (Å²) in [5.74, 6) is 0.657. The first-order chi connectivity index (χ1) is 14.0. The van der Waals surface area contributed by atoms with Crippen LogP contribution in [0.5, 0.6) is 5.75 Å². The summed E-state index contributed by atoms with van der Waals surface area (Å²) in [5, 5.41) is 8.69. The highest BCUT2D eigenvalue weighted by Gasteiger charge is 2.42. The summed E-state index contributed by atoms with van der Waals surface area (Å²) in [6.45, 7) is 0. The Balaban J connectivity index is 1.62. The number of rotatable bonds is 2. The minimum absolute atomic E-state index is 0.0192. The monoisotopic (exact) mass is 506 g/mol. The molecule has 29 heavy (non-hydrogen) atoms. The van der Waals surface area contributed by atoms with Gasteiger partial charge in [-0.2, -0.15) is 5.10 Å². The second kappa shape index (κ2) is 7.51. The van der Waals surface area contributed by atoms with Crippen LogP contribution in [0.25, 0.3) is 0 Å². The molecule has 5 rings (SSSR count). The molecular weight excluding hydrogens is 495 g/mol. The fourth-order valence-electron chi connectivity index (χ4n) is 3.78. The number of fused-ring (bicyclic) bond motifs is 3. The van der Waals surface area contributed by atoms with Gasteiger partial charge in [0.25, 0.3) is 0 Å². The standard InChI is InChI=1S/C22H14BrCl3N2O/c23-14-5-1-12(2-6-14)19-11-20-17-9-16(25)10-18(26)21(17)29-22(28(20)27-19)13-3-7-15(24)8-4-13/h1-10,20,22H,11H2/t20-,22-/m0/s1. The van der Waals surface area contributed by atoms with Crippen LogP contribution in [-0.2, 0) is 0 Å². The minimum atomic E-state index is -0.406. The van der Waals surface area contributed by atoms with Crippen LogP contribution in [0, 0.1) is 0 Å². The molecule has 3 aromatic carbocycles. The van der Waals surface area contributed by atoms with Crippen molar-refractivity contribution < 1.29 is 4.74 Å². The topological polar surface area (TPSA) is 24.8 Å². The fraction of sp³-hybridized carbons (Fsp3) is 0.136. The van der Waals surface area contributed by atoms with E-state index in [-0.39, 0.29) is 6.04 Å². The SMILES string of the molecule is Clc1ccc([C@@H]2Oc3c(Cl)cc(Cl)cc3[C@@H]3CC(c4ccc(Br)cc4)=NN32)cc1. The van der Waals surface area contributed by atoms with Crippen LogP contribution in [0.3, 0.4) is 0 Å². The van der Waals surface area contributed by atoms with E-state index in [4.69, 9.17) is 44.6 Å². The van der Waals surface area contributed by atoms with E-state index >= 15 is 0 Å². The molecule has 0 N–H and O–H groups in total. The zero-order valence-corrected chi connectivity index (χ0v) is 18.8. The van der Waals surface area contributed by atoms with Crippen molar-refractivity contribution in [3.8, 4) is 5.75 Å². The lowest BCUT2D eigenvalue weighted by atomic mass is 9.96. The van der Waals surface area contributed by atoms with Crippen molar-refractivity contribution in [1.82, 2.24) is 5.01 Å². The van der Waals surface area contributed by atoms with Gasteiger partial charge < -0.3 is 4.74 Å². The molecule has 2 heterocycles. The van der Waals surface area contributed by atoms with Crippen molar-refractivity contribution in [2.45, 2.75) is 18.7 Å². The van der Waals surface area contributed by atoms with Gasteiger partial charge in [0.1, 0.15) is 5.75 Å². The molecule has 7 heteroatoms. The maximum absolute atomic E-state index is 6.49. The number of benzene rings is 3. The highest BCUT2D eigenvalue weighted by Crippen LogP contribution is 2.50. The fourth-order valence-corrected chi connectivity index (χ4v) is 4.72. The molecule has 0 saturated carbocycles. The van der Waals surface area contributed by atoms with Gasteiger partial charge in [-0.3, -0.25) is 0 Å². The third-order valence-electron chi connectivity index (χ3n) is 5.14. The van der Waals surface area contributed by atoms with Crippen LogP contribution in [0.1, 0.15) is 35.4 Å². The molecule has 0 amide bonds. The van der Waals surface area contributed by atoms with E-state index in [1.165, 1.54) is 0 Å². The zero-order valence-electron chi connectivity index (χ0n) is 14.9. The third kappa shape index (κ3) is 3.53. The lowest BCUT2D eigenvalue weighted by Crippen LogP contribution is -2.33. The number of halogens is 4. The summed E-state index contributed by atoms with van der Waals surface area (Å²) in [6.07, 6.45) is 0.329. The Morgan fingerprint density at radius 2 is 1.66 bits per heavy atom. The van der Waals surface area contributed by atoms with Gasteiger partial charge in [0, 0.05) is 32.1 Å². The van der Waals surface area contributed by atoms with E-state index < -0.39 is 6.23 Å². The zero-order chi connectivity index (χ0) is 20.1. The van der Waals surface area contributed by atoms with Gasteiger partial charge in [-0.25, -0.2) is 5.01 Å². The predicted molar refractivity (Wildman–Crippen MR) is 121 cm³/mol. The maximum atomic E-state index is 6.49. The molecule has 0 aliphatic carbocycles. The predicted octanol–water partition coefficient (Wildman–Crippen LogP) is 7.65. The Bertz CT molecular complexity index is 1120. The molecule has 3 nitrogen and oxygen atoms in total. The van der Waals surface area contributed by atoms with E-state index in [2.05, 4.69) is 28.1 Å². The van der Waals surface area contributed by atoms with Crippen LogP contribution in [0.15, 0.2) is 70.2 Å². The quantitative estimate of drug-likeness (QED) is 0.355. The number of hydrogen-bond donors (Lipinski definition) is 0. The van der Waals surface area contributed by atoms with Crippen molar-refractivity contribution in [3.63, 3.8) is 0 Å². The van der Waals surface area contributed by atoms with Crippen LogP contribution >= 0.6 is 50.7 Å². The van der Waals surface area contributed by atoms with Gasteiger partial charge in [-0.1, -0.05) is 75.0 Å². The van der Waals surface area contributed by atoms with E-state index in [0.717, 1.165) is 33.3 Å². The Labute approximate surface area is 192 Å². The molecule has 2 aliphatic heterocycles. The molecule has 3 aromatic rings. The highest BCUT2D eigenvalue weighted by atomic mass is 79.9. The molecule has 0 aromatic heterocycles. The lowest BCUT2D eigenvalue weighted by molar-refractivity contribution is -0.0189. The van der Waals surface area contributed by atoms with Crippen molar-refractivity contribution in [2.75, 3.05) is 0 Å². The van der Waals surface area contributed by atoms with E-state index in [9.17, 15) is 0 Å². The van der Waals surface area contributed by atoms with Crippen LogP contribution in [0.2, 0.25) is 15.1 Å². The first-order valence-corrected chi connectivity index (χ1v) is 10.9. The van der Waals surface area contributed by atoms with Gasteiger partial charge in [-0.15, -0.1) is 0 Å². The summed E-state index contributed by atoms with van der Waals surface area (Å²) in [6, 6.07) is 19.4. The number of hydrogen-bond acceptors (Lipinski definition) is 3. The molecule has 0 saturated heterocycles. The molecule has 0 bridgehead atoms. The van der Waals surface area contributed by atoms with Crippen molar-refractivity contribution in [2.24, 2.45) is 5.10 Å². The summed E-state index contributed by atoms with van der Waals surface area (Å²) < 4.78 is 7.37. The number of nitrogens with zero attached hydrogens (tertiary/aromatic N) is 2. The van der Waals surface area contributed by atoms with Crippen LogP contribution < -0.4 is 4.74 Å². The van der Waals surface area contributed by atoms with Gasteiger partial charge in [0.05, 0.1) is 16.8 Å². The molecular formula is C22H14BrCl3N2O. The van der Waals surface area contributed by atoms with E-state index in [1.807, 2.05) is 47.5 Å². The van der Waals surface area contributed by atoms with Crippen LogP contribution in [-0.4, -0.2) is 10.7 Å². The Hall–Kier alpha value is -1.72. The Morgan fingerprint density at radius 1 is 0.931 bits per heavy atom. The van der Waals surface area contributed by atoms with Crippen molar-refractivity contribution in [1.29, 1.82) is 0 Å². The smallest absolute Gasteiger partial charge is 0.213 e. The molecule has 2 atom stereocenters. The van der Waals surface area contributed by atoms with Gasteiger partial charge in [0.15, 0.2) is 0 Å². The molecule has 0 radical (unpaired) electrons. The second-order valence-corrected chi connectivity index (χ2v) is 9.18. The van der Waals surface area contributed by atoms with Crippen molar-refractivity contribution >= 4 is 56.4 Å².